The van der Waals surface area contributed by atoms with Crippen LogP contribution in [0.15, 0.2) is 65.7 Å². The van der Waals surface area contributed by atoms with Crippen molar-refractivity contribution in [3.63, 3.8) is 0 Å². The van der Waals surface area contributed by atoms with E-state index < -0.39 is 10.7 Å². The second-order valence-electron chi connectivity index (χ2n) is 6.35. The fraction of sp³-hybridized carbons (Fsp3) is 0.0909. The molecule has 4 rings (SSSR count). The smallest absolute Gasteiger partial charge is 0.273 e. The summed E-state index contributed by atoms with van der Waals surface area (Å²) in [5.74, 6) is -0.495. The Morgan fingerprint density at radius 2 is 2.00 bits per heavy atom. The van der Waals surface area contributed by atoms with Gasteiger partial charge < -0.3 is 9.84 Å². The molecule has 1 aromatic heterocycles. The Kier molecular flexibility index (Phi) is 5.40. The number of nitro benzene ring substituents is 1. The van der Waals surface area contributed by atoms with Crippen LogP contribution in [0.1, 0.15) is 12.5 Å². The van der Waals surface area contributed by atoms with Crippen molar-refractivity contribution in [2.24, 2.45) is 4.99 Å². The number of aromatic nitrogens is 1. The monoisotopic (exact) mass is 418 g/mol. The van der Waals surface area contributed by atoms with Crippen LogP contribution in [0.4, 0.5) is 11.4 Å². The van der Waals surface area contributed by atoms with Gasteiger partial charge in [-0.05, 0) is 36.8 Å². The predicted octanol–water partition coefficient (Wildman–Crippen LogP) is 5.09. The van der Waals surface area contributed by atoms with Crippen molar-refractivity contribution in [2.75, 3.05) is 6.61 Å². The van der Waals surface area contributed by atoms with Gasteiger partial charge in [0.25, 0.3) is 5.69 Å². The van der Waals surface area contributed by atoms with Gasteiger partial charge in [0.2, 0.25) is 0 Å². The molecule has 0 atom stereocenters. The van der Waals surface area contributed by atoms with Crippen LogP contribution in [0.2, 0.25) is 0 Å². The summed E-state index contributed by atoms with van der Waals surface area (Å²) in [6, 6.07) is 17.7. The molecule has 0 aliphatic heterocycles. The number of fused-ring (bicyclic) bond motifs is 1. The number of ether oxygens (including phenoxy) is 1. The number of rotatable bonds is 6. The lowest BCUT2D eigenvalue weighted by Crippen LogP contribution is -2.04. The molecule has 3 aromatic carbocycles. The topological polar surface area (TPSA) is 101 Å². The van der Waals surface area contributed by atoms with E-state index in [4.69, 9.17) is 4.74 Å². The minimum absolute atomic E-state index is 0.0589. The van der Waals surface area contributed by atoms with E-state index in [1.54, 1.807) is 24.3 Å². The molecule has 7 nitrogen and oxygen atoms in total. The molecule has 4 aromatic rings. The number of non-ortho nitro benzene ring substituents is 1. The molecule has 8 heteroatoms. The molecule has 0 radical (unpaired) electrons. The lowest BCUT2D eigenvalue weighted by atomic mass is 10.1. The Bertz CT molecular complexity index is 1230. The molecule has 0 N–H and O–H groups in total. The van der Waals surface area contributed by atoms with Crippen molar-refractivity contribution in [1.82, 2.24) is 4.98 Å². The predicted molar refractivity (Wildman–Crippen MR) is 116 cm³/mol. The second-order valence-corrected chi connectivity index (χ2v) is 7.38. The maximum atomic E-state index is 12.5. The van der Waals surface area contributed by atoms with Gasteiger partial charge in [-0.15, -0.1) is 11.3 Å². The Morgan fingerprint density at radius 1 is 1.17 bits per heavy atom. The van der Waals surface area contributed by atoms with E-state index in [2.05, 4.69) is 9.98 Å². The standard InChI is InChI=1S/C22H17N3O4S/c1-2-29-19-12-17(25(27)28)11-15(21(19)26)13-23-16-7-5-6-14(10-16)22-24-18-8-3-4-9-20(18)30-22/h3-13,26H,2H2,1H3/p-1. The molecule has 0 aliphatic carbocycles. The average Bonchev–Trinajstić information content (AvgIpc) is 3.19. The fourth-order valence-electron chi connectivity index (χ4n) is 2.93. The molecular weight excluding hydrogens is 402 g/mol. The SMILES string of the molecule is CCOc1cc([N+](=O)[O-])cc(C=Nc2cccc(-c3nc4ccccc4s3)c2)c1[O-]. The van der Waals surface area contributed by atoms with Crippen molar-refractivity contribution in [3.05, 3.63) is 76.3 Å². The van der Waals surface area contributed by atoms with Crippen LogP contribution in [-0.4, -0.2) is 22.7 Å². The Labute approximate surface area is 176 Å². The maximum Gasteiger partial charge on any atom is 0.273 e. The van der Waals surface area contributed by atoms with E-state index in [0.717, 1.165) is 26.9 Å². The molecule has 0 spiro atoms. The average molecular weight is 418 g/mol. The Balaban J connectivity index is 1.68. The largest absolute Gasteiger partial charge is 0.870 e. The highest BCUT2D eigenvalue weighted by molar-refractivity contribution is 7.21. The first-order valence-corrected chi connectivity index (χ1v) is 9.99. The summed E-state index contributed by atoms with van der Waals surface area (Å²) in [5, 5.41) is 24.5. The number of aliphatic imine (C=N–C) groups is 1. The maximum absolute atomic E-state index is 12.5. The van der Waals surface area contributed by atoms with Crippen LogP contribution < -0.4 is 9.84 Å². The zero-order valence-corrected chi connectivity index (χ0v) is 16.8. The van der Waals surface area contributed by atoms with Gasteiger partial charge in [-0.2, -0.15) is 0 Å². The molecule has 1 heterocycles. The minimum Gasteiger partial charge on any atom is -0.870 e. The molecule has 30 heavy (non-hydrogen) atoms. The lowest BCUT2D eigenvalue weighted by Gasteiger charge is -2.16. The van der Waals surface area contributed by atoms with Gasteiger partial charge in [0, 0.05) is 17.8 Å². The number of hydrogen-bond acceptors (Lipinski definition) is 7. The van der Waals surface area contributed by atoms with Crippen molar-refractivity contribution in [1.29, 1.82) is 0 Å². The number of benzene rings is 3. The van der Waals surface area contributed by atoms with Gasteiger partial charge in [0.1, 0.15) is 10.8 Å². The molecule has 0 fully saturated rings. The van der Waals surface area contributed by atoms with Crippen molar-refractivity contribution < 1.29 is 14.8 Å². The molecule has 0 saturated carbocycles. The summed E-state index contributed by atoms with van der Waals surface area (Å²) < 4.78 is 6.34. The summed E-state index contributed by atoms with van der Waals surface area (Å²) in [4.78, 5) is 19.6. The summed E-state index contributed by atoms with van der Waals surface area (Å²) in [5.41, 5.74) is 2.32. The summed E-state index contributed by atoms with van der Waals surface area (Å²) in [6.07, 6.45) is 1.33. The quantitative estimate of drug-likeness (QED) is 0.246. The molecule has 150 valence electrons. The minimum atomic E-state index is -0.562. The number of thiazole rings is 1. The zero-order chi connectivity index (χ0) is 21.1. The van der Waals surface area contributed by atoms with Crippen LogP contribution >= 0.6 is 11.3 Å². The number of hydrogen-bond donors (Lipinski definition) is 0. The van der Waals surface area contributed by atoms with Gasteiger partial charge in [-0.1, -0.05) is 30.0 Å². The van der Waals surface area contributed by atoms with E-state index in [0.29, 0.717) is 5.69 Å². The number of nitrogens with zero attached hydrogens (tertiary/aromatic N) is 3. The van der Waals surface area contributed by atoms with Gasteiger partial charge >= 0.3 is 0 Å². The first-order valence-electron chi connectivity index (χ1n) is 9.17. The van der Waals surface area contributed by atoms with Gasteiger partial charge in [0.15, 0.2) is 0 Å². The molecule has 0 saturated heterocycles. The Hall–Kier alpha value is -3.78. The van der Waals surface area contributed by atoms with Crippen LogP contribution in [0.5, 0.6) is 11.5 Å². The molecule has 0 amide bonds. The van der Waals surface area contributed by atoms with Gasteiger partial charge in [-0.3, -0.25) is 15.1 Å². The first kappa shape index (κ1) is 19.5. The number of nitro groups is 1. The third kappa shape index (κ3) is 3.99. The van der Waals surface area contributed by atoms with E-state index in [-0.39, 0.29) is 23.6 Å². The highest BCUT2D eigenvalue weighted by atomic mass is 32.1. The van der Waals surface area contributed by atoms with Crippen LogP contribution in [0, 0.1) is 10.1 Å². The van der Waals surface area contributed by atoms with Crippen molar-refractivity contribution >= 4 is 39.1 Å². The fourth-order valence-corrected chi connectivity index (χ4v) is 3.89. The van der Waals surface area contributed by atoms with E-state index in [1.807, 2.05) is 42.5 Å². The second kappa shape index (κ2) is 8.30. The third-order valence-electron chi connectivity index (χ3n) is 4.32. The summed E-state index contributed by atoms with van der Waals surface area (Å²) in [7, 11) is 0. The Morgan fingerprint density at radius 3 is 2.77 bits per heavy atom. The molecule has 0 bridgehead atoms. The van der Waals surface area contributed by atoms with Gasteiger partial charge in [0.05, 0.1) is 33.5 Å². The highest BCUT2D eigenvalue weighted by Crippen LogP contribution is 2.33. The van der Waals surface area contributed by atoms with Crippen molar-refractivity contribution in [3.8, 4) is 22.1 Å². The van der Waals surface area contributed by atoms with Crippen LogP contribution in [-0.2, 0) is 0 Å². The van der Waals surface area contributed by atoms with Crippen molar-refractivity contribution in [2.45, 2.75) is 6.92 Å². The highest BCUT2D eigenvalue weighted by Gasteiger charge is 2.12. The molecular formula is C22H16N3O4S-. The normalized spacial score (nSPS) is 11.2. The van der Waals surface area contributed by atoms with E-state index in [9.17, 15) is 15.2 Å². The summed E-state index contributed by atoms with van der Waals surface area (Å²) >= 11 is 1.58. The summed E-state index contributed by atoms with van der Waals surface area (Å²) in [6.45, 7) is 1.94. The zero-order valence-electron chi connectivity index (χ0n) is 15.9. The molecule has 0 unspecified atom stereocenters. The van der Waals surface area contributed by atoms with E-state index in [1.165, 1.54) is 12.3 Å². The van der Waals surface area contributed by atoms with Gasteiger partial charge in [-0.25, -0.2) is 4.98 Å². The molecule has 0 aliphatic rings. The third-order valence-corrected chi connectivity index (χ3v) is 5.40. The number of para-hydroxylation sites is 1. The van der Waals surface area contributed by atoms with Crippen LogP contribution in [0.25, 0.3) is 20.8 Å². The van der Waals surface area contributed by atoms with Crippen LogP contribution in [0.3, 0.4) is 0 Å². The van der Waals surface area contributed by atoms with E-state index >= 15 is 0 Å². The lowest BCUT2D eigenvalue weighted by molar-refractivity contribution is -0.385. The first-order chi connectivity index (χ1) is 14.5.